The zero-order valence-electron chi connectivity index (χ0n) is 47.1. The van der Waals surface area contributed by atoms with Crippen molar-refractivity contribution in [3.8, 4) is 0 Å². The van der Waals surface area contributed by atoms with E-state index in [2.05, 4.69) is 109 Å². The smallest absolute Gasteiger partial charge is 0.264 e. The second-order valence-electron chi connectivity index (χ2n) is 22.3. The standard InChI is InChI=1S/C33H35N5O3.C31H36N6O3/c1-6-21(18-36(4)23-13-14-23)25-16-22-12-11-20(3)37(5)29(22)17-27(25)35-26-9-7-8-24-30(26)33(41)38(32(24)40)28-15-10-19(2)34-31(28)39;1-17(2)23(16-35(5)32)22-14-20-11-13-28(38)36(6)27(20)15-25(22)34-24-9-7-8-21-19(4)37(31(40)29(21)24)26-12-10-18(3)33-30(26)39/h6-9,16-18,23,28,35H,1-3,10-15H2,4-5H3,(H,34,39);7-9,14-17,26,34H,3-4,10-13,32H2,1-2,5-6H3,(H,33,39)/b21-18+;23-16+/t28-;/m0./s1. The number of piperidine rings is 2. The molecule has 4 aromatic rings. The topological polar surface area (TPSA) is 196 Å². The van der Waals surface area contributed by atoms with E-state index < -0.39 is 23.9 Å². The highest BCUT2D eigenvalue weighted by Crippen LogP contribution is 2.45. The number of anilines is 6. The third kappa shape index (κ3) is 10.4. The average molecular weight is 1090 g/mol. The van der Waals surface area contributed by atoms with E-state index in [9.17, 15) is 28.8 Å². The van der Waals surface area contributed by atoms with Crippen LogP contribution >= 0.6 is 0 Å². The minimum atomic E-state index is -0.868. The number of carbonyl (C=O) groups is 6. The Hall–Kier alpha value is -8.96. The van der Waals surface area contributed by atoms with E-state index in [1.807, 2.05) is 43.6 Å². The largest absolute Gasteiger partial charge is 0.377 e. The first kappa shape index (κ1) is 55.4. The fraction of sp³-hybridized carbons (Fsp3) is 0.312. The Bertz CT molecular complexity index is 3510. The molecule has 6 N–H and O–H groups in total. The number of nitrogens with two attached hydrogens (primary N) is 1. The summed E-state index contributed by atoms with van der Waals surface area (Å²) in [5.74, 6) is 4.41. The summed E-state index contributed by atoms with van der Waals surface area (Å²) in [7, 11) is 7.66. The molecule has 418 valence electrons. The van der Waals surface area contributed by atoms with Gasteiger partial charge < -0.3 is 41.0 Å². The minimum Gasteiger partial charge on any atom is -0.377 e. The van der Waals surface area contributed by atoms with Gasteiger partial charge in [-0.15, -0.1) is 0 Å². The zero-order chi connectivity index (χ0) is 57.9. The van der Waals surface area contributed by atoms with Gasteiger partial charge in [-0.3, -0.25) is 38.6 Å². The number of amides is 6. The SMILES string of the molecule is C=C/C(=C\N(C)C1CC1)c1cc2c(cc1Nc1cccc3c1C(=O)N([C@H]1CCC(=C)NC1=O)C3=O)N(C)C(=C)CC2.C=C1CCC(N2C(=C)c3cccc(Nc4cc5c(cc4/C(=C/N(C)N)C(C)C)CCC(=O)N5C)c3C2=O)C(=O)N1. The molecule has 1 saturated carbocycles. The molecule has 6 aliphatic heterocycles. The van der Waals surface area contributed by atoms with Crippen molar-refractivity contribution in [2.45, 2.75) is 96.2 Å². The Kier molecular flexibility index (Phi) is 15.0. The number of allylic oxidation sites excluding steroid dienone is 6. The predicted octanol–water partition coefficient (Wildman–Crippen LogP) is 9.70. The highest BCUT2D eigenvalue weighted by molar-refractivity contribution is 6.25. The second-order valence-corrected chi connectivity index (χ2v) is 22.3. The van der Waals surface area contributed by atoms with Gasteiger partial charge in [-0.05, 0) is 128 Å². The monoisotopic (exact) mass is 1090 g/mol. The molecule has 1 unspecified atom stereocenters. The number of benzene rings is 4. The van der Waals surface area contributed by atoms with E-state index in [0.29, 0.717) is 84.2 Å². The van der Waals surface area contributed by atoms with Crippen LogP contribution < -0.4 is 36.9 Å². The minimum absolute atomic E-state index is 0.0590. The van der Waals surface area contributed by atoms with E-state index in [-0.39, 0.29) is 40.7 Å². The van der Waals surface area contributed by atoms with E-state index in [0.717, 1.165) is 74.0 Å². The Balaban J connectivity index is 0.000000182. The molecule has 2 saturated heterocycles. The molecule has 0 bridgehead atoms. The Morgan fingerprint density at radius 1 is 0.642 bits per heavy atom. The van der Waals surface area contributed by atoms with Crippen LogP contribution in [-0.4, -0.2) is 101 Å². The molecule has 0 spiro atoms. The molecule has 6 amide bonds. The summed E-state index contributed by atoms with van der Waals surface area (Å²) in [4.78, 5) is 87.8. The van der Waals surface area contributed by atoms with Crippen LogP contribution in [-0.2, 0) is 27.2 Å². The fourth-order valence-electron chi connectivity index (χ4n) is 11.8. The van der Waals surface area contributed by atoms with Gasteiger partial charge in [0.15, 0.2) is 0 Å². The molecular weight excluding hydrogens is 1020 g/mol. The van der Waals surface area contributed by atoms with Crippen molar-refractivity contribution in [1.29, 1.82) is 0 Å². The van der Waals surface area contributed by atoms with Crippen molar-refractivity contribution >= 4 is 86.4 Å². The molecule has 17 heteroatoms. The summed E-state index contributed by atoms with van der Waals surface area (Å²) in [5, 5.41) is 14.0. The van der Waals surface area contributed by atoms with Gasteiger partial charge in [-0.25, -0.2) is 5.84 Å². The van der Waals surface area contributed by atoms with Crippen molar-refractivity contribution in [2.75, 3.05) is 48.6 Å². The highest BCUT2D eigenvalue weighted by Gasteiger charge is 2.46. The van der Waals surface area contributed by atoms with Crippen molar-refractivity contribution in [2.24, 2.45) is 11.8 Å². The number of carbonyl (C=O) groups excluding carboxylic acids is 6. The highest BCUT2D eigenvalue weighted by atomic mass is 16.2. The summed E-state index contributed by atoms with van der Waals surface area (Å²) >= 11 is 0. The lowest BCUT2D eigenvalue weighted by Crippen LogP contribution is -2.51. The molecular formula is C64H71N11O6. The van der Waals surface area contributed by atoms with Gasteiger partial charge in [0.25, 0.3) is 17.7 Å². The number of imide groups is 1. The zero-order valence-corrected chi connectivity index (χ0v) is 47.1. The first-order chi connectivity index (χ1) is 38.6. The lowest BCUT2D eigenvalue weighted by Gasteiger charge is -2.31. The third-order valence-corrected chi connectivity index (χ3v) is 16.4. The average Bonchev–Trinajstić information content (AvgIpc) is 3.66. The molecule has 11 rings (SSSR count). The van der Waals surface area contributed by atoms with Gasteiger partial charge in [0.05, 0.1) is 28.1 Å². The second kappa shape index (κ2) is 21.9. The molecule has 81 heavy (non-hydrogen) atoms. The summed E-state index contributed by atoms with van der Waals surface area (Å²) < 4.78 is 0. The van der Waals surface area contributed by atoms with Crippen molar-refractivity contribution < 1.29 is 28.8 Å². The first-order valence-corrected chi connectivity index (χ1v) is 27.6. The van der Waals surface area contributed by atoms with E-state index in [1.54, 1.807) is 37.2 Å². The third-order valence-electron chi connectivity index (χ3n) is 16.4. The van der Waals surface area contributed by atoms with Crippen molar-refractivity contribution in [1.82, 2.24) is 30.3 Å². The molecule has 4 aromatic carbocycles. The molecule has 7 aliphatic rings. The van der Waals surface area contributed by atoms with Crippen LogP contribution in [0.4, 0.5) is 34.1 Å². The van der Waals surface area contributed by atoms with Gasteiger partial charge in [-0.2, -0.15) is 0 Å². The van der Waals surface area contributed by atoms with Gasteiger partial charge in [0, 0.05) is 115 Å². The maximum Gasteiger partial charge on any atom is 0.264 e. The van der Waals surface area contributed by atoms with E-state index in [4.69, 9.17) is 5.84 Å². The Morgan fingerprint density at radius 2 is 1.17 bits per heavy atom. The number of nitrogens with one attached hydrogen (secondary N) is 4. The number of nitrogens with zero attached hydrogens (tertiary/aromatic N) is 6. The van der Waals surface area contributed by atoms with E-state index in [1.165, 1.54) is 28.3 Å². The molecule has 1 aliphatic carbocycles. The van der Waals surface area contributed by atoms with Gasteiger partial charge >= 0.3 is 0 Å². The lowest BCUT2D eigenvalue weighted by atomic mass is 9.90. The first-order valence-electron chi connectivity index (χ1n) is 27.6. The molecule has 0 aromatic heterocycles. The number of hydrazine groups is 1. The number of fused-ring (bicyclic) bond motifs is 4. The van der Waals surface area contributed by atoms with Crippen LogP contribution in [0.5, 0.6) is 0 Å². The Morgan fingerprint density at radius 3 is 1.74 bits per heavy atom. The number of rotatable bonds is 13. The van der Waals surface area contributed by atoms with Crippen LogP contribution in [0.2, 0.25) is 0 Å². The van der Waals surface area contributed by atoms with Crippen LogP contribution in [0.1, 0.15) is 124 Å². The molecule has 6 heterocycles. The van der Waals surface area contributed by atoms with Crippen molar-refractivity contribution in [3.05, 3.63) is 174 Å². The number of aryl methyl sites for hydroxylation is 2. The normalized spacial score (nSPS) is 19.9. The van der Waals surface area contributed by atoms with Gasteiger partial charge in [0.1, 0.15) is 12.1 Å². The molecule has 3 fully saturated rings. The maximum atomic E-state index is 13.9. The maximum absolute atomic E-state index is 13.9. The van der Waals surface area contributed by atoms with Crippen LogP contribution in [0.3, 0.4) is 0 Å². The summed E-state index contributed by atoms with van der Waals surface area (Å²) in [6, 6.07) is 18.2. The number of hydrogen-bond donors (Lipinski definition) is 5. The van der Waals surface area contributed by atoms with Gasteiger partial charge in [0.2, 0.25) is 17.7 Å². The summed E-state index contributed by atoms with van der Waals surface area (Å²) in [6.07, 6.45) is 13.1. The van der Waals surface area contributed by atoms with E-state index >= 15 is 0 Å². The lowest BCUT2D eigenvalue weighted by molar-refractivity contribution is -0.126. The predicted molar refractivity (Wildman–Crippen MR) is 320 cm³/mol. The quantitative estimate of drug-likeness (QED) is 0.0369. The number of hydrogen-bond acceptors (Lipinski definition) is 12. The summed E-state index contributed by atoms with van der Waals surface area (Å²) in [6.45, 7) is 24.4. The summed E-state index contributed by atoms with van der Waals surface area (Å²) in [5.41, 5.74) is 15.2. The molecule has 17 nitrogen and oxygen atoms in total. The van der Waals surface area contributed by atoms with Crippen molar-refractivity contribution in [3.63, 3.8) is 0 Å². The molecule has 2 atom stereocenters. The molecule has 0 radical (unpaired) electrons. The fourth-order valence-corrected chi connectivity index (χ4v) is 11.8. The van der Waals surface area contributed by atoms with Gasteiger partial charge in [-0.1, -0.05) is 71.0 Å². The van der Waals surface area contributed by atoms with Crippen LogP contribution in [0, 0.1) is 5.92 Å². The Labute approximate surface area is 473 Å². The van der Waals surface area contributed by atoms with Crippen LogP contribution in [0.25, 0.3) is 16.8 Å². The van der Waals surface area contributed by atoms with Crippen LogP contribution in [0.15, 0.2) is 129 Å².